The van der Waals surface area contributed by atoms with Gasteiger partial charge < -0.3 is 29.0 Å². The largest absolute Gasteiger partial charge is 0.511 e. The quantitative estimate of drug-likeness (QED) is 0.313. The van der Waals surface area contributed by atoms with E-state index in [2.05, 4.69) is 17.2 Å². The highest BCUT2D eigenvalue weighted by molar-refractivity contribution is 5.94. The molecular weight excluding hydrogens is 481 g/mol. The summed E-state index contributed by atoms with van der Waals surface area (Å²) in [5, 5.41) is 3.32. The first-order valence-corrected chi connectivity index (χ1v) is 12.1. The molecule has 0 unspecified atom stereocenters. The molecule has 2 heterocycles. The highest BCUT2D eigenvalue weighted by atomic mass is 19.1. The number of anilines is 1. The third kappa shape index (κ3) is 6.22. The Labute approximate surface area is 213 Å². The van der Waals surface area contributed by atoms with Gasteiger partial charge in [0.2, 0.25) is 12.2 Å². The third-order valence-corrected chi connectivity index (χ3v) is 6.34. The minimum Gasteiger partial charge on any atom is -0.434 e. The fraction of sp³-hybridized carbons (Fsp3) is 0.444. The molecule has 194 valence electrons. The number of rotatable bonds is 9. The van der Waals surface area contributed by atoms with Gasteiger partial charge in [-0.2, -0.15) is 0 Å². The lowest BCUT2D eigenvalue weighted by atomic mass is 10.0. The molecular formula is C27H28FN3O6. The van der Waals surface area contributed by atoms with Crippen molar-refractivity contribution in [2.45, 2.75) is 31.7 Å². The van der Waals surface area contributed by atoms with E-state index < -0.39 is 30.2 Å². The number of terminal acetylenes is 2. The van der Waals surface area contributed by atoms with Crippen LogP contribution in [0.3, 0.4) is 0 Å². The van der Waals surface area contributed by atoms with Crippen molar-refractivity contribution in [3.63, 3.8) is 0 Å². The third-order valence-electron chi connectivity index (χ3n) is 6.34. The van der Waals surface area contributed by atoms with Crippen molar-refractivity contribution in [3.05, 3.63) is 39.9 Å². The van der Waals surface area contributed by atoms with Crippen LogP contribution >= 0.6 is 0 Å². The number of halogens is 1. The standard InChI is InChI=1S/C27H28FN3O6/c1-3-5-18(6-4-2)16-35-27(34)37-17-36-26(33)21-15-31(19-7-8-19)23-14-24(30-11-9-29-10-12-30)22(28)13-20(23)25(21)32/h1-2,13-15,18-19,29H,5-12,16-17H2. The lowest BCUT2D eigenvalue weighted by molar-refractivity contribution is -0.0303. The number of hydrogen-bond donors (Lipinski definition) is 1. The van der Waals surface area contributed by atoms with Gasteiger partial charge in [0.05, 0.1) is 17.8 Å². The topological polar surface area (TPSA) is 99.1 Å². The van der Waals surface area contributed by atoms with Crippen molar-refractivity contribution < 1.29 is 28.2 Å². The first-order valence-electron chi connectivity index (χ1n) is 12.1. The first-order chi connectivity index (χ1) is 17.9. The molecule has 1 saturated heterocycles. The highest BCUT2D eigenvalue weighted by Crippen LogP contribution is 2.38. The number of aromatic nitrogens is 1. The van der Waals surface area contributed by atoms with Gasteiger partial charge in [-0.1, -0.05) is 0 Å². The van der Waals surface area contributed by atoms with Gasteiger partial charge in [-0.05, 0) is 25.0 Å². The molecule has 1 saturated carbocycles. The number of pyridine rings is 1. The number of esters is 1. The Balaban J connectivity index is 1.47. The van der Waals surface area contributed by atoms with Gasteiger partial charge in [-0.15, -0.1) is 24.7 Å². The summed E-state index contributed by atoms with van der Waals surface area (Å²) in [7, 11) is 0. The molecule has 0 atom stereocenters. The molecule has 1 aromatic carbocycles. The van der Waals surface area contributed by atoms with E-state index in [1.807, 2.05) is 9.47 Å². The normalized spacial score (nSPS) is 15.2. The number of benzene rings is 1. The number of piperazine rings is 1. The molecule has 2 aromatic rings. The molecule has 9 nitrogen and oxygen atoms in total. The van der Waals surface area contributed by atoms with Crippen LogP contribution in [0.2, 0.25) is 0 Å². The number of nitrogens with one attached hydrogen (secondary N) is 1. The lowest BCUT2D eigenvalue weighted by Gasteiger charge is -2.30. The van der Waals surface area contributed by atoms with Crippen LogP contribution in [-0.2, 0) is 14.2 Å². The average molecular weight is 510 g/mol. The molecule has 4 rings (SSSR count). The Bertz CT molecular complexity index is 1300. The second-order valence-corrected chi connectivity index (χ2v) is 9.01. The monoisotopic (exact) mass is 509 g/mol. The van der Waals surface area contributed by atoms with E-state index in [9.17, 15) is 14.4 Å². The van der Waals surface area contributed by atoms with Gasteiger partial charge >= 0.3 is 12.1 Å². The first kappa shape index (κ1) is 26.1. The molecule has 2 aliphatic rings. The molecule has 1 N–H and O–H groups in total. The van der Waals surface area contributed by atoms with Crippen LogP contribution in [0, 0.1) is 36.4 Å². The number of fused-ring (bicyclic) bond motifs is 1. The maximum atomic E-state index is 15.1. The number of nitrogens with zero attached hydrogens (tertiary/aromatic N) is 2. The Hall–Kier alpha value is -4.02. The lowest BCUT2D eigenvalue weighted by Crippen LogP contribution is -2.43. The maximum Gasteiger partial charge on any atom is 0.511 e. The Kier molecular flexibility index (Phi) is 8.32. The van der Waals surface area contributed by atoms with Crippen molar-refractivity contribution in [2.24, 2.45) is 5.92 Å². The Morgan fingerprint density at radius 2 is 1.81 bits per heavy atom. The molecule has 0 radical (unpaired) electrons. The molecule has 0 spiro atoms. The number of hydrogen-bond acceptors (Lipinski definition) is 8. The zero-order valence-corrected chi connectivity index (χ0v) is 20.3. The zero-order valence-electron chi connectivity index (χ0n) is 20.3. The van der Waals surface area contributed by atoms with Gasteiger partial charge in [0.25, 0.3) is 0 Å². The number of carbonyl (C=O) groups is 2. The highest BCUT2D eigenvalue weighted by Gasteiger charge is 2.28. The molecule has 0 bridgehead atoms. The Morgan fingerprint density at radius 3 is 2.46 bits per heavy atom. The zero-order chi connectivity index (χ0) is 26.4. The van der Waals surface area contributed by atoms with E-state index in [0.717, 1.165) is 25.9 Å². The van der Waals surface area contributed by atoms with Crippen molar-refractivity contribution >= 4 is 28.7 Å². The molecule has 1 aromatic heterocycles. The summed E-state index contributed by atoms with van der Waals surface area (Å²) >= 11 is 0. The smallest absolute Gasteiger partial charge is 0.434 e. The SMILES string of the molecule is C#CCC(CC#C)COC(=O)OCOC(=O)c1cn(C2CC2)c2cc(N3CCNCC3)c(F)cc2c1=O. The van der Waals surface area contributed by atoms with E-state index in [4.69, 9.17) is 27.1 Å². The van der Waals surface area contributed by atoms with Gasteiger partial charge in [0.1, 0.15) is 11.4 Å². The van der Waals surface area contributed by atoms with Gasteiger partial charge in [0, 0.05) is 62.6 Å². The van der Waals surface area contributed by atoms with E-state index >= 15 is 4.39 Å². The molecule has 10 heteroatoms. The van der Waals surface area contributed by atoms with E-state index in [1.54, 1.807) is 6.07 Å². The summed E-state index contributed by atoms with van der Waals surface area (Å²) < 4.78 is 31.6. The summed E-state index contributed by atoms with van der Waals surface area (Å²) in [5.41, 5.74) is 0.0644. The van der Waals surface area contributed by atoms with Gasteiger partial charge in [0.15, 0.2) is 0 Å². The van der Waals surface area contributed by atoms with Crippen molar-refractivity contribution in [1.82, 2.24) is 9.88 Å². The van der Waals surface area contributed by atoms with E-state index in [0.29, 0.717) is 37.1 Å². The average Bonchev–Trinajstić information content (AvgIpc) is 3.74. The summed E-state index contributed by atoms with van der Waals surface area (Å²) in [4.78, 5) is 39.6. The molecule has 0 amide bonds. The van der Waals surface area contributed by atoms with Crippen LogP contribution in [0.4, 0.5) is 14.9 Å². The van der Waals surface area contributed by atoms with Crippen LogP contribution in [0.15, 0.2) is 23.1 Å². The summed E-state index contributed by atoms with van der Waals surface area (Å²) in [6.45, 7) is 1.98. The predicted octanol–water partition coefficient (Wildman–Crippen LogP) is 2.82. The minimum atomic E-state index is -1.07. The molecule has 2 fully saturated rings. The van der Waals surface area contributed by atoms with Crippen molar-refractivity contribution in [3.8, 4) is 24.7 Å². The van der Waals surface area contributed by atoms with E-state index in [-0.39, 0.29) is 29.5 Å². The fourth-order valence-corrected chi connectivity index (χ4v) is 4.27. The van der Waals surface area contributed by atoms with Crippen LogP contribution in [0.5, 0.6) is 0 Å². The number of ether oxygens (including phenoxy) is 3. The summed E-state index contributed by atoms with van der Waals surface area (Å²) in [6, 6.07) is 2.96. The van der Waals surface area contributed by atoms with Gasteiger partial charge in [-0.25, -0.2) is 14.0 Å². The van der Waals surface area contributed by atoms with Crippen LogP contribution in [0.25, 0.3) is 10.9 Å². The van der Waals surface area contributed by atoms with Crippen molar-refractivity contribution in [1.29, 1.82) is 0 Å². The summed E-state index contributed by atoms with van der Waals surface area (Å²) in [6.07, 6.45) is 13.3. The number of carbonyl (C=O) groups excluding carboxylic acids is 2. The fourth-order valence-electron chi connectivity index (χ4n) is 4.27. The molecule has 1 aliphatic carbocycles. The maximum absolute atomic E-state index is 15.1. The van der Waals surface area contributed by atoms with Crippen molar-refractivity contribution in [2.75, 3.05) is 44.5 Å². The van der Waals surface area contributed by atoms with Crippen LogP contribution in [-0.4, -0.2) is 56.3 Å². The molecule has 1 aliphatic heterocycles. The van der Waals surface area contributed by atoms with Crippen LogP contribution < -0.4 is 15.6 Å². The van der Waals surface area contributed by atoms with Gasteiger partial charge in [-0.3, -0.25) is 4.79 Å². The minimum absolute atomic E-state index is 0.0422. The second-order valence-electron chi connectivity index (χ2n) is 9.01. The summed E-state index contributed by atoms with van der Waals surface area (Å²) in [5.74, 6) is 3.18. The molecule has 37 heavy (non-hydrogen) atoms. The second kappa shape index (κ2) is 11.8. The predicted molar refractivity (Wildman–Crippen MR) is 135 cm³/mol. The van der Waals surface area contributed by atoms with E-state index in [1.165, 1.54) is 12.3 Å². The van der Waals surface area contributed by atoms with Crippen LogP contribution in [0.1, 0.15) is 42.1 Å². The Morgan fingerprint density at radius 1 is 1.11 bits per heavy atom.